The summed E-state index contributed by atoms with van der Waals surface area (Å²) < 4.78 is 6.46. The van der Waals surface area contributed by atoms with Crippen LogP contribution in [0.3, 0.4) is 0 Å². The average molecular weight is 343 g/mol. The van der Waals surface area contributed by atoms with Gasteiger partial charge in [0.1, 0.15) is 23.1 Å². The number of nitrogens with zero attached hydrogens (tertiary/aromatic N) is 1. The first kappa shape index (κ1) is 13.2. The van der Waals surface area contributed by atoms with Gasteiger partial charge in [0, 0.05) is 4.47 Å². The molecule has 0 aliphatic carbocycles. The van der Waals surface area contributed by atoms with Gasteiger partial charge in [-0.1, -0.05) is 45.2 Å². The summed E-state index contributed by atoms with van der Waals surface area (Å²) >= 11 is 15.3. The molecule has 0 heterocycles. The second kappa shape index (κ2) is 5.62. The predicted molar refractivity (Wildman–Crippen MR) is 75.4 cm³/mol. The van der Waals surface area contributed by atoms with Crippen molar-refractivity contribution in [3.8, 4) is 17.6 Å². The lowest BCUT2D eigenvalue weighted by atomic mass is 10.2. The van der Waals surface area contributed by atoms with Crippen molar-refractivity contribution in [2.24, 2.45) is 0 Å². The maximum Gasteiger partial charge on any atom is 0.146 e. The van der Waals surface area contributed by atoms with Gasteiger partial charge in [-0.3, -0.25) is 0 Å². The molecule has 0 radical (unpaired) electrons. The third kappa shape index (κ3) is 2.78. The van der Waals surface area contributed by atoms with Crippen molar-refractivity contribution in [1.29, 1.82) is 5.26 Å². The van der Waals surface area contributed by atoms with Crippen molar-refractivity contribution in [2.45, 2.75) is 0 Å². The van der Waals surface area contributed by atoms with Crippen LogP contribution in [0.1, 0.15) is 5.56 Å². The van der Waals surface area contributed by atoms with Gasteiger partial charge < -0.3 is 4.74 Å². The summed E-state index contributed by atoms with van der Waals surface area (Å²) in [5.41, 5.74) is 0.290. The molecule has 0 unspecified atom stereocenters. The van der Waals surface area contributed by atoms with Gasteiger partial charge in [-0.05, 0) is 30.3 Å². The third-order valence-corrected chi connectivity index (χ3v) is 3.30. The highest BCUT2D eigenvalue weighted by molar-refractivity contribution is 9.10. The Bertz CT molecular complexity index is 637. The Hall–Kier alpha value is -1.21. The van der Waals surface area contributed by atoms with Gasteiger partial charge >= 0.3 is 0 Å². The van der Waals surface area contributed by atoms with Crippen molar-refractivity contribution in [3.05, 3.63) is 56.5 Å². The molecule has 0 aromatic heterocycles. The van der Waals surface area contributed by atoms with Gasteiger partial charge in [0.15, 0.2) is 0 Å². The maximum atomic E-state index is 9.04. The van der Waals surface area contributed by atoms with Crippen molar-refractivity contribution >= 4 is 39.1 Å². The second-order valence-electron chi connectivity index (χ2n) is 3.40. The molecule has 0 atom stereocenters. The molecule has 0 amide bonds. The fourth-order valence-electron chi connectivity index (χ4n) is 1.37. The number of halogens is 3. The van der Waals surface area contributed by atoms with Crippen LogP contribution in [0, 0.1) is 11.3 Å². The molecule has 2 rings (SSSR count). The Labute approximate surface area is 123 Å². The van der Waals surface area contributed by atoms with E-state index in [-0.39, 0.29) is 5.56 Å². The van der Waals surface area contributed by atoms with E-state index in [1.807, 2.05) is 6.07 Å². The summed E-state index contributed by atoms with van der Waals surface area (Å²) in [5.74, 6) is 0.854. The van der Waals surface area contributed by atoms with Crippen LogP contribution in [0.15, 0.2) is 40.9 Å². The average Bonchev–Trinajstić information content (AvgIpc) is 2.33. The first-order valence-electron chi connectivity index (χ1n) is 4.93. The van der Waals surface area contributed by atoms with Gasteiger partial charge in [-0.25, -0.2) is 0 Å². The van der Waals surface area contributed by atoms with Crippen molar-refractivity contribution in [3.63, 3.8) is 0 Å². The predicted octanol–water partition coefficient (Wildman–Crippen LogP) is 5.42. The minimum absolute atomic E-state index is 0.290. The lowest BCUT2D eigenvalue weighted by molar-refractivity contribution is 0.481. The summed E-state index contributed by atoms with van der Waals surface area (Å²) in [6.45, 7) is 0. The van der Waals surface area contributed by atoms with Gasteiger partial charge in [0.25, 0.3) is 0 Å². The zero-order valence-electron chi connectivity index (χ0n) is 8.95. The van der Waals surface area contributed by atoms with Crippen LogP contribution in [0.5, 0.6) is 11.5 Å². The zero-order chi connectivity index (χ0) is 13.1. The van der Waals surface area contributed by atoms with Gasteiger partial charge in [-0.2, -0.15) is 5.26 Å². The molecule has 2 aromatic rings. The van der Waals surface area contributed by atoms with E-state index in [1.54, 1.807) is 36.4 Å². The number of benzene rings is 2. The van der Waals surface area contributed by atoms with Crippen LogP contribution in [0.25, 0.3) is 0 Å². The van der Waals surface area contributed by atoms with E-state index in [0.29, 0.717) is 21.5 Å². The monoisotopic (exact) mass is 341 g/mol. The second-order valence-corrected chi connectivity index (χ2v) is 5.13. The smallest absolute Gasteiger partial charge is 0.146 e. The lowest BCUT2D eigenvalue weighted by Crippen LogP contribution is -1.89. The molecule has 0 aliphatic rings. The molecule has 5 heteroatoms. The van der Waals surface area contributed by atoms with Crippen LogP contribution in [-0.4, -0.2) is 0 Å². The highest BCUT2D eigenvalue weighted by atomic mass is 79.9. The lowest BCUT2D eigenvalue weighted by Gasteiger charge is -2.09. The molecule has 2 aromatic carbocycles. The molecule has 0 spiro atoms. The topological polar surface area (TPSA) is 33.0 Å². The van der Waals surface area contributed by atoms with Crippen molar-refractivity contribution < 1.29 is 4.74 Å². The van der Waals surface area contributed by atoms with Crippen molar-refractivity contribution in [1.82, 2.24) is 0 Å². The van der Waals surface area contributed by atoms with E-state index in [1.165, 1.54) is 0 Å². The summed E-state index contributed by atoms with van der Waals surface area (Å²) in [5, 5.41) is 9.84. The first-order chi connectivity index (χ1) is 8.61. The normalized spacial score (nSPS) is 9.89. The Kier molecular flexibility index (Phi) is 4.13. The summed E-state index contributed by atoms with van der Waals surface area (Å²) in [4.78, 5) is 0. The Morgan fingerprint density at radius 2 is 1.83 bits per heavy atom. The molecule has 0 saturated heterocycles. The van der Waals surface area contributed by atoms with Gasteiger partial charge in [-0.15, -0.1) is 0 Å². The zero-order valence-corrected chi connectivity index (χ0v) is 12.1. The van der Waals surface area contributed by atoms with E-state index < -0.39 is 0 Å². The van der Waals surface area contributed by atoms with Gasteiger partial charge in [0.05, 0.1) is 10.0 Å². The van der Waals surface area contributed by atoms with E-state index in [9.17, 15) is 0 Å². The van der Waals surface area contributed by atoms with Crippen LogP contribution in [0.4, 0.5) is 0 Å². The highest BCUT2D eigenvalue weighted by Gasteiger charge is 2.10. The van der Waals surface area contributed by atoms with Crippen LogP contribution >= 0.6 is 39.1 Å². The Balaban J connectivity index is 2.41. The largest absolute Gasteiger partial charge is 0.454 e. The number of ether oxygens (including phenoxy) is 1. The summed E-state index contributed by atoms with van der Waals surface area (Å²) in [7, 11) is 0. The molecule has 90 valence electrons. The molecule has 2 nitrogen and oxygen atoms in total. The molecular formula is C13H6BrCl2NO. The standard InChI is InChI=1S/C13H6BrCl2NO/c14-8-4-5-13(11(16)6-8)18-12-3-1-2-10(15)9(12)7-17/h1-6H. The molecule has 0 aliphatic heterocycles. The van der Waals surface area contributed by atoms with E-state index >= 15 is 0 Å². The molecule has 0 bridgehead atoms. The van der Waals surface area contributed by atoms with Crippen LogP contribution in [0.2, 0.25) is 10.0 Å². The number of hydrogen-bond acceptors (Lipinski definition) is 2. The molecule has 0 saturated carbocycles. The first-order valence-corrected chi connectivity index (χ1v) is 6.48. The fourth-order valence-corrected chi connectivity index (χ4v) is 2.29. The quantitative estimate of drug-likeness (QED) is 0.730. The highest BCUT2D eigenvalue weighted by Crippen LogP contribution is 2.34. The number of nitriles is 1. The SMILES string of the molecule is N#Cc1c(Cl)cccc1Oc1ccc(Br)cc1Cl. The fraction of sp³-hybridized carbons (Fsp3) is 0. The van der Waals surface area contributed by atoms with E-state index in [0.717, 1.165) is 4.47 Å². The molecule has 18 heavy (non-hydrogen) atoms. The summed E-state index contributed by atoms with van der Waals surface area (Å²) in [6, 6.07) is 12.3. The van der Waals surface area contributed by atoms with E-state index in [4.69, 9.17) is 33.2 Å². The molecular weight excluding hydrogens is 337 g/mol. The van der Waals surface area contributed by atoms with Crippen LogP contribution in [-0.2, 0) is 0 Å². The summed E-state index contributed by atoms with van der Waals surface area (Å²) in [6.07, 6.45) is 0. The van der Waals surface area contributed by atoms with Crippen molar-refractivity contribution in [2.75, 3.05) is 0 Å². The number of rotatable bonds is 2. The minimum Gasteiger partial charge on any atom is -0.454 e. The maximum absolute atomic E-state index is 9.04. The number of hydrogen-bond donors (Lipinski definition) is 0. The molecule has 0 N–H and O–H groups in total. The Morgan fingerprint density at radius 1 is 1.06 bits per heavy atom. The van der Waals surface area contributed by atoms with Gasteiger partial charge in [0.2, 0.25) is 0 Å². The minimum atomic E-state index is 0.290. The van der Waals surface area contributed by atoms with Crippen LogP contribution < -0.4 is 4.74 Å². The third-order valence-electron chi connectivity index (χ3n) is 2.20. The van der Waals surface area contributed by atoms with E-state index in [2.05, 4.69) is 15.9 Å². The molecule has 0 fully saturated rings. The Morgan fingerprint density at radius 3 is 2.50 bits per heavy atom.